The number of rotatable bonds is 5. The fourth-order valence-corrected chi connectivity index (χ4v) is 7.05. The van der Waals surface area contributed by atoms with E-state index in [4.69, 9.17) is 0 Å². The summed E-state index contributed by atoms with van der Waals surface area (Å²) in [5.74, 6) is 0. The second kappa shape index (κ2) is 6.47. The maximum Gasteiger partial charge on any atom is 0.243 e. The van der Waals surface area contributed by atoms with E-state index in [2.05, 4.69) is 36.6 Å². The van der Waals surface area contributed by atoms with E-state index in [1.807, 2.05) is 6.07 Å². The van der Waals surface area contributed by atoms with Crippen LogP contribution >= 0.6 is 43.2 Å². The summed E-state index contributed by atoms with van der Waals surface area (Å²) in [6.07, 6.45) is 0. The van der Waals surface area contributed by atoms with Crippen molar-refractivity contribution in [3.05, 3.63) is 49.5 Å². The lowest BCUT2D eigenvalue weighted by Crippen LogP contribution is -2.46. The van der Waals surface area contributed by atoms with Gasteiger partial charge < -0.3 is 5.11 Å². The third-order valence-electron chi connectivity index (χ3n) is 3.00. The van der Waals surface area contributed by atoms with E-state index in [0.717, 1.165) is 0 Å². The first-order chi connectivity index (χ1) is 9.78. The Balaban J connectivity index is 2.40. The molecule has 1 atom stereocenters. The van der Waals surface area contributed by atoms with Crippen LogP contribution in [0.3, 0.4) is 0 Å². The first kappa shape index (κ1) is 17.1. The summed E-state index contributed by atoms with van der Waals surface area (Å²) in [5, 5.41) is 9.68. The Bertz CT molecular complexity index is 731. The summed E-state index contributed by atoms with van der Waals surface area (Å²) >= 11 is 7.79. The molecule has 2 rings (SSSR count). The molecule has 0 saturated heterocycles. The van der Waals surface area contributed by atoms with Gasteiger partial charge in [0.25, 0.3) is 0 Å². The smallest absolute Gasteiger partial charge is 0.243 e. The topological polar surface area (TPSA) is 66.4 Å². The van der Waals surface area contributed by atoms with Crippen molar-refractivity contribution >= 4 is 53.2 Å². The third kappa shape index (κ3) is 3.75. The molecule has 21 heavy (non-hydrogen) atoms. The van der Waals surface area contributed by atoms with Gasteiger partial charge in [0.1, 0.15) is 4.90 Å². The Kier molecular flexibility index (Phi) is 5.27. The summed E-state index contributed by atoms with van der Waals surface area (Å²) in [4.78, 5) is 0.148. The molecule has 4 nitrogen and oxygen atoms in total. The molecule has 0 radical (unpaired) electrons. The van der Waals surface area contributed by atoms with Crippen molar-refractivity contribution in [3.8, 4) is 0 Å². The third-order valence-corrected chi connectivity index (χ3v) is 7.35. The van der Waals surface area contributed by atoms with Gasteiger partial charge in [0.15, 0.2) is 0 Å². The van der Waals surface area contributed by atoms with Crippen LogP contribution in [0.25, 0.3) is 0 Å². The number of halogens is 2. The fourth-order valence-electron chi connectivity index (χ4n) is 1.85. The molecule has 1 unspecified atom stereocenters. The molecule has 1 aromatic carbocycles. The average Bonchev–Trinajstić information content (AvgIpc) is 2.79. The number of sulfonamides is 1. The van der Waals surface area contributed by atoms with Gasteiger partial charge in [0.05, 0.1) is 19.7 Å². The maximum atomic E-state index is 12.5. The summed E-state index contributed by atoms with van der Waals surface area (Å²) in [6, 6.07) is 10.5. The molecule has 0 saturated carbocycles. The van der Waals surface area contributed by atoms with Gasteiger partial charge in [0, 0.05) is 0 Å². The van der Waals surface area contributed by atoms with Gasteiger partial charge in [-0.3, -0.25) is 0 Å². The normalized spacial score (nSPS) is 14.9. The standard InChI is InChI=1S/C13H13Br2NO3S2/c1-13(8-17,9-5-3-2-4-6-9)16-21(18,19)10-7-11(14)20-12(10)15/h2-7,16-17H,8H2,1H3. The monoisotopic (exact) mass is 453 g/mol. The molecule has 0 bridgehead atoms. The predicted molar refractivity (Wildman–Crippen MR) is 90.9 cm³/mol. The molecule has 0 fully saturated rings. The van der Waals surface area contributed by atoms with Crippen LogP contribution in [-0.4, -0.2) is 20.1 Å². The predicted octanol–water partition coefficient (Wildman–Crippen LogP) is 3.46. The van der Waals surface area contributed by atoms with E-state index in [0.29, 0.717) is 13.1 Å². The molecule has 0 spiro atoms. The van der Waals surface area contributed by atoms with Gasteiger partial charge in [-0.2, -0.15) is 4.72 Å². The highest BCUT2D eigenvalue weighted by molar-refractivity contribution is 9.12. The van der Waals surface area contributed by atoms with Crippen LogP contribution in [-0.2, 0) is 15.6 Å². The van der Waals surface area contributed by atoms with E-state index >= 15 is 0 Å². The van der Waals surface area contributed by atoms with Crippen molar-refractivity contribution in [2.75, 3.05) is 6.61 Å². The second-order valence-corrected chi connectivity index (χ2v) is 10.1. The Labute approximate surface area is 144 Å². The number of hydrogen-bond acceptors (Lipinski definition) is 4. The highest BCUT2D eigenvalue weighted by Gasteiger charge is 2.33. The maximum absolute atomic E-state index is 12.5. The first-order valence-electron chi connectivity index (χ1n) is 5.94. The molecule has 1 heterocycles. The largest absolute Gasteiger partial charge is 0.394 e. The van der Waals surface area contributed by atoms with Crippen molar-refractivity contribution in [3.63, 3.8) is 0 Å². The Hall–Kier alpha value is -0.250. The van der Waals surface area contributed by atoms with Crippen LogP contribution in [0.4, 0.5) is 0 Å². The Morgan fingerprint density at radius 3 is 2.38 bits per heavy atom. The fraction of sp³-hybridized carbons (Fsp3) is 0.231. The van der Waals surface area contributed by atoms with E-state index in [9.17, 15) is 13.5 Å². The summed E-state index contributed by atoms with van der Waals surface area (Å²) in [5.41, 5.74) is -0.394. The van der Waals surface area contributed by atoms with Crippen LogP contribution in [0, 0.1) is 0 Å². The zero-order valence-corrected chi connectivity index (χ0v) is 15.8. The molecule has 0 amide bonds. The minimum absolute atomic E-state index is 0.148. The summed E-state index contributed by atoms with van der Waals surface area (Å²) in [7, 11) is -3.76. The molecule has 0 aliphatic rings. The lowest BCUT2D eigenvalue weighted by molar-refractivity contribution is 0.196. The van der Waals surface area contributed by atoms with Gasteiger partial charge >= 0.3 is 0 Å². The van der Waals surface area contributed by atoms with Gasteiger partial charge in [-0.25, -0.2) is 8.42 Å². The number of nitrogens with one attached hydrogen (secondary N) is 1. The molecule has 2 N–H and O–H groups in total. The lowest BCUT2D eigenvalue weighted by atomic mass is 9.94. The molecule has 2 aromatic rings. The summed E-state index contributed by atoms with van der Waals surface area (Å²) < 4.78 is 28.9. The van der Waals surface area contributed by atoms with Gasteiger partial charge in [-0.1, -0.05) is 30.3 Å². The average molecular weight is 455 g/mol. The Morgan fingerprint density at radius 2 is 1.90 bits per heavy atom. The van der Waals surface area contributed by atoms with Crippen LogP contribution in [0.2, 0.25) is 0 Å². The minimum Gasteiger partial charge on any atom is -0.394 e. The number of aliphatic hydroxyl groups is 1. The molecule has 8 heteroatoms. The van der Waals surface area contributed by atoms with E-state index in [1.165, 1.54) is 17.4 Å². The number of thiophene rings is 1. The van der Waals surface area contributed by atoms with Crippen LogP contribution in [0.15, 0.2) is 48.9 Å². The highest BCUT2D eigenvalue weighted by Crippen LogP contribution is 2.35. The van der Waals surface area contributed by atoms with Crippen molar-refractivity contribution in [2.45, 2.75) is 17.4 Å². The van der Waals surface area contributed by atoms with Crippen molar-refractivity contribution in [1.29, 1.82) is 0 Å². The number of benzene rings is 1. The van der Waals surface area contributed by atoms with Crippen LogP contribution in [0.5, 0.6) is 0 Å². The minimum atomic E-state index is -3.76. The van der Waals surface area contributed by atoms with E-state index in [1.54, 1.807) is 31.2 Å². The van der Waals surface area contributed by atoms with Crippen LogP contribution < -0.4 is 4.72 Å². The second-order valence-electron chi connectivity index (χ2n) is 4.65. The zero-order chi connectivity index (χ0) is 15.7. The van der Waals surface area contributed by atoms with E-state index < -0.39 is 15.6 Å². The highest BCUT2D eigenvalue weighted by atomic mass is 79.9. The molecule has 0 aliphatic carbocycles. The lowest BCUT2D eigenvalue weighted by Gasteiger charge is -2.28. The SMILES string of the molecule is CC(CO)(NS(=O)(=O)c1cc(Br)sc1Br)c1ccccc1. The van der Waals surface area contributed by atoms with Gasteiger partial charge in [-0.05, 0) is 50.4 Å². The van der Waals surface area contributed by atoms with Crippen molar-refractivity contribution in [2.24, 2.45) is 0 Å². The number of aliphatic hydroxyl groups excluding tert-OH is 1. The molecular formula is C13H13Br2NO3S2. The summed E-state index contributed by atoms with van der Waals surface area (Å²) in [6.45, 7) is 1.30. The molecule has 1 aromatic heterocycles. The molecular weight excluding hydrogens is 442 g/mol. The first-order valence-corrected chi connectivity index (χ1v) is 9.82. The van der Waals surface area contributed by atoms with Crippen molar-refractivity contribution < 1.29 is 13.5 Å². The van der Waals surface area contributed by atoms with Gasteiger partial charge in [-0.15, -0.1) is 11.3 Å². The van der Waals surface area contributed by atoms with E-state index in [-0.39, 0.29) is 11.5 Å². The van der Waals surface area contributed by atoms with Gasteiger partial charge in [0.2, 0.25) is 10.0 Å². The van der Waals surface area contributed by atoms with Crippen molar-refractivity contribution in [1.82, 2.24) is 4.72 Å². The zero-order valence-electron chi connectivity index (χ0n) is 11.0. The molecule has 114 valence electrons. The van der Waals surface area contributed by atoms with Crippen LogP contribution in [0.1, 0.15) is 12.5 Å². The molecule has 0 aliphatic heterocycles. The quantitative estimate of drug-likeness (QED) is 0.726. The number of hydrogen-bond donors (Lipinski definition) is 2. The Morgan fingerprint density at radius 1 is 1.29 bits per heavy atom.